The number of halogens is 1. The number of aliphatic carboxylic acids is 1. The number of aryl methyl sites for hydroxylation is 1. The molecule has 0 aliphatic rings. The first-order valence-corrected chi connectivity index (χ1v) is 5.88. The van der Waals surface area contributed by atoms with Crippen molar-refractivity contribution in [2.45, 2.75) is 13.0 Å². The van der Waals surface area contributed by atoms with Crippen LogP contribution in [-0.4, -0.2) is 11.1 Å². The number of anilines is 1. The summed E-state index contributed by atoms with van der Waals surface area (Å²) in [6.45, 7) is 1.64. The number of carbonyl (C=O) groups is 1. The van der Waals surface area contributed by atoms with E-state index in [2.05, 4.69) is 5.32 Å². The maximum absolute atomic E-state index is 13.5. The summed E-state index contributed by atoms with van der Waals surface area (Å²) in [6.07, 6.45) is 0. The molecule has 2 N–H and O–H groups in total. The zero-order chi connectivity index (χ0) is 13.8. The molecule has 98 valence electrons. The van der Waals surface area contributed by atoms with Gasteiger partial charge in [0.25, 0.3) is 0 Å². The summed E-state index contributed by atoms with van der Waals surface area (Å²) in [5, 5.41) is 12.1. The minimum absolute atomic E-state index is 0.388. The van der Waals surface area contributed by atoms with Crippen LogP contribution in [-0.2, 0) is 4.79 Å². The zero-order valence-electron chi connectivity index (χ0n) is 10.4. The average molecular weight is 259 g/mol. The average Bonchev–Trinajstić information content (AvgIpc) is 2.40. The summed E-state index contributed by atoms with van der Waals surface area (Å²) in [6, 6.07) is 12.4. The first-order valence-electron chi connectivity index (χ1n) is 5.88. The molecule has 3 nitrogen and oxygen atoms in total. The highest BCUT2D eigenvalue weighted by Crippen LogP contribution is 2.21. The number of carboxylic acid groups (broad SMARTS) is 1. The predicted molar refractivity (Wildman–Crippen MR) is 71.6 cm³/mol. The van der Waals surface area contributed by atoms with E-state index in [0.717, 1.165) is 0 Å². The van der Waals surface area contributed by atoms with E-state index in [4.69, 9.17) is 0 Å². The van der Waals surface area contributed by atoms with E-state index < -0.39 is 17.8 Å². The fraction of sp³-hybridized carbons (Fsp3) is 0.133. The van der Waals surface area contributed by atoms with Crippen LogP contribution in [0, 0.1) is 12.7 Å². The SMILES string of the molecule is Cc1ccc(C(Nc2ccccc2)C(=O)O)cc1F. The topological polar surface area (TPSA) is 49.3 Å². The highest BCUT2D eigenvalue weighted by atomic mass is 19.1. The first kappa shape index (κ1) is 13.1. The Morgan fingerprint density at radius 3 is 2.47 bits per heavy atom. The van der Waals surface area contributed by atoms with Gasteiger partial charge >= 0.3 is 5.97 Å². The second-order valence-electron chi connectivity index (χ2n) is 4.29. The van der Waals surface area contributed by atoms with Crippen molar-refractivity contribution in [3.63, 3.8) is 0 Å². The van der Waals surface area contributed by atoms with E-state index in [9.17, 15) is 14.3 Å². The van der Waals surface area contributed by atoms with Crippen molar-refractivity contribution in [3.8, 4) is 0 Å². The van der Waals surface area contributed by atoms with Crippen molar-refractivity contribution >= 4 is 11.7 Å². The van der Waals surface area contributed by atoms with Gasteiger partial charge in [-0.1, -0.05) is 30.3 Å². The zero-order valence-corrected chi connectivity index (χ0v) is 10.4. The normalized spacial score (nSPS) is 11.9. The van der Waals surface area contributed by atoms with Crippen LogP contribution in [0.15, 0.2) is 48.5 Å². The quantitative estimate of drug-likeness (QED) is 0.885. The van der Waals surface area contributed by atoms with Crippen LogP contribution in [0.3, 0.4) is 0 Å². The van der Waals surface area contributed by atoms with Crippen molar-refractivity contribution < 1.29 is 14.3 Å². The van der Waals surface area contributed by atoms with E-state index >= 15 is 0 Å². The number of carboxylic acids is 1. The summed E-state index contributed by atoms with van der Waals surface area (Å²) < 4.78 is 13.5. The molecule has 0 saturated carbocycles. The van der Waals surface area contributed by atoms with Gasteiger partial charge in [-0.2, -0.15) is 0 Å². The number of para-hydroxylation sites is 1. The molecule has 0 spiro atoms. The molecule has 0 bridgehead atoms. The van der Waals surface area contributed by atoms with Crippen LogP contribution in [0.5, 0.6) is 0 Å². The lowest BCUT2D eigenvalue weighted by Crippen LogP contribution is -2.20. The molecule has 0 saturated heterocycles. The molecule has 0 fully saturated rings. The Morgan fingerprint density at radius 2 is 1.89 bits per heavy atom. The van der Waals surface area contributed by atoms with Gasteiger partial charge in [-0.15, -0.1) is 0 Å². The number of hydrogen-bond acceptors (Lipinski definition) is 2. The molecule has 0 aliphatic carbocycles. The van der Waals surface area contributed by atoms with Crippen LogP contribution >= 0.6 is 0 Å². The maximum Gasteiger partial charge on any atom is 0.330 e. The lowest BCUT2D eigenvalue weighted by molar-refractivity contribution is -0.138. The van der Waals surface area contributed by atoms with E-state index in [1.54, 1.807) is 43.3 Å². The third kappa shape index (κ3) is 3.10. The van der Waals surface area contributed by atoms with E-state index in [-0.39, 0.29) is 0 Å². The molecule has 2 aromatic rings. The molecule has 0 radical (unpaired) electrons. The number of nitrogens with one attached hydrogen (secondary N) is 1. The second-order valence-corrected chi connectivity index (χ2v) is 4.29. The van der Waals surface area contributed by atoms with E-state index in [1.807, 2.05) is 6.07 Å². The molecule has 0 amide bonds. The van der Waals surface area contributed by atoms with Crippen LogP contribution in [0.2, 0.25) is 0 Å². The predicted octanol–water partition coefficient (Wildman–Crippen LogP) is 3.37. The Labute approximate surface area is 110 Å². The van der Waals surface area contributed by atoms with Crippen LogP contribution in [0.4, 0.5) is 10.1 Å². The number of benzene rings is 2. The van der Waals surface area contributed by atoms with Gasteiger partial charge in [-0.3, -0.25) is 0 Å². The summed E-state index contributed by atoms with van der Waals surface area (Å²) in [5.41, 5.74) is 1.56. The Morgan fingerprint density at radius 1 is 1.21 bits per heavy atom. The molecule has 1 atom stereocenters. The Kier molecular flexibility index (Phi) is 3.80. The van der Waals surface area contributed by atoms with Crippen molar-refractivity contribution in [2.24, 2.45) is 0 Å². The monoisotopic (exact) mass is 259 g/mol. The Hall–Kier alpha value is -2.36. The lowest BCUT2D eigenvalue weighted by atomic mass is 10.0. The summed E-state index contributed by atoms with van der Waals surface area (Å²) in [4.78, 5) is 11.3. The molecular weight excluding hydrogens is 245 g/mol. The smallest absolute Gasteiger partial charge is 0.330 e. The van der Waals surface area contributed by atoms with Crippen LogP contribution < -0.4 is 5.32 Å². The molecule has 0 aromatic heterocycles. The largest absolute Gasteiger partial charge is 0.479 e. The highest BCUT2D eigenvalue weighted by molar-refractivity contribution is 5.79. The van der Waals surface area contributed by atoms with Gasteiger partial charge in [-0.05, 0) is 36.2 Å². The molecule has 19 heavy (non-hydrogen) atoms. The summed E-state index contributed by atoms with van der Waals surface area (Å²) in [7, 11) is 0. The van der Waals surface area contributed by atoms with Crippen molar-refractivity contribution in [1.29, 1.82) is 0 Å². The van der Waals surface area contributed by atoms with Crippen molar-refractivity contribution in [1.82, 2.24) is 0 Å². The third-order valence-corrected chi connectivity index (χ3v) is 2.86. The fourth-order valence-corrected chi connectivity index (χ4v) is 1.78. The van der Waals surface area contributed by atoms with Gasteiger partial charge in [0.05, 0.1) is 0 Å². The fourth-order valence-electron chi connectivity index (χ4n) is 1.78. The van der Waals surface area contributed by atoms with Crippen molar-refractivity contribution in [3.05, 3.63) is 65.5 Å². The van der Waals surface area contributed by atoms with Gasteiger partial charge in [0, 0.05) is 5.69 Å². The van der Waals surface area contributed by atoms with Gasteiger partial charge in [0.15, 0.2) is 6.04 Å². The number of rotatable bonds is 4. The molecule has 2 rings (SSSR count). The van der Waals surface area contributed by atoms with E-state index in [1.165, 1.54) is 6.07 Å². The van der Waals surface area contributed by atoms with Gasteiger partial charge in [0.2, 0.25) is 0 Å². The summed E-state index contributed by atoms with van der Waals surface area (Å²) in [5.74, 6) is -1.45. The minimum atomic E-state index is -1.05. The minimum Gasteiger partial charge on any atom is -0.479 e. The highest BCUT2D eigenvalue weighted by Gasteiger charge is 2.20. The van der Waals surface area contributed by atoms with Gasteiger partial charge < -0.3 is 10.4 Å². The molecular formula is C15H14FNO2. The lowest BCUT2D eigenvalue weighted by Gasteiger charge is -2.16. The van der Waals surface area contributed by atoms with Crippen LogP contribution in [0.25, 0.3) is 0 Å². The first-order chi connectivity index (χ1) is 9.08. The van der Waals surface area contributed by atoms with Crippen LogP contribution in [0.1, 0.15) is 17.2 Å². The van der Waals surface area contributed by atoms with Gasteiger partial charge in [0.1, 0.15) is 5.82 Å². The molecule has 4 heteroatoms. The second kappa shape index (κ2) is 5.52. The van der Waals surface area contributed by atoms with Gasteiger partial charge in [-0.25, -0.2) is 9.18 Å². The van der Waals surface area contributed by atoms with Crippen molar-refractivity contribution in [2.75, 3.05) is 5.32 Å². The summed E-state index contributed by atoms with van der Waals surface area (Å²) >= 11 is 0. The third-order valence-electron chi connectivity index (χ3n) is 2.86. The number of hydrogen-bond donors (Lipinski definition) is 2. The standard InChI is InChI=1S/C15H14FNO2/c1-10-7-8-11(9-13(10)16)14(15(18)19)17-12-5-3-2-4-6-12/h2-9,14,17H,1H3,(H,18,19). The Balaban J connectivity index is 2.30. The Bertz CT molecular complexity index is 584. The molecule has 0 heterocycles. The van der Waals surface area contributed by atoms with E-state index in [0.29, 0.717) is 16.8 Å². The molecule has 2 aromatic carbocycles. The maximum atomic E-state index is 13.5. The molecule has 1 unspecified atom stereocenters. The molecule has 0 aliphatic heterocycles.